The maximum Gasteiger partial charge on any atom is 0.308 e. The predicted octanol–water partition coefficient (Wildman–Crippen LogP) is 5.91. The summed E-state index contributed by atoms with van der Waals surface area (Å²) in [5, 5.41) is 0. The van der Waals surface area contributed by atoms with Gasteiger partial charge in [-0.05, 0) is 71.3 Å². The highest BCUT2D eigenvalue weighted by atomic mass is 16.6. The fourth-order valence-electron chi connectivity index (χ4n) is 6.86. The predicted molar refractivity (Wildman–Crippen MR) is 196 cm³/mol. The Labute approximate surface area is 314 Å². The number of carbonyl (C=O) groups is 3. The van der Waals surface area contributed by atoms with Crippen molar-refractivity contribution in [2.75, 3.05) is 35.5 Å². The molecule has 0 unspecified atom stereocenters. The number of carbonyl (C=O) groups excluding carboxylic acids is 3. The number of imide groups is 1. The van der Waals surface area contributed by atoms with Crippen LogP contribution in [0.1, 0.15) is 43.8 Å². The Morgan fingerprint density at radius 2 is 1.04 bits per heavy atom. The van der Waals surface area contributed by atoms with Crippen LogP contribution < -0.4 is 14.2 Å². The van der Waals surface area contributed by atoms with Crippen molar-refractivity contribution in [3.05, 3.63) is 137 Å². The smallest absolute Gasteiger partial charge is 0.308 e. The average molecular weight is 738 g/mol. The van der Waals surface area contributed by atoms with Gasteiger partial charge < -0.3 is 37.9 Å². The van der Waals surface area contributed by atoms with Crippen molar-refractivity contribution < 1.29 is 52.3 Å². The third kappa shape index (κ3) is 7.67. The lowest BCUT2D eigenvalue weighted by Crippen LogP contribution is -2.69. The number of amides is 2. The Hall–Kier alpha value is -5.69. The number of hydrogen-bond acceptors (Lipinski definition) is 11. The van der Waals surface area contributed by atoms with Crippen molar-refractivity contribution in [1.82, 2.24) is 4.90 Å². The molecular weight excluding hydrogens is 694 g/mol. The fraction of sp³-hybridized carbons (Fsp3) is 0.310. The van der Waals surface area contributed by atoms with Gasteiger partial charge in [-0.1, -0.05) is 48.5 Å². The molecular formula is C42H43NO11. The molecule has 4 aromatic rings. The van der Waals surface area contributed by atoms with Gasteiger partial charge in [0.25, 0.3) is 11.8 Å². The summed E-state index contributed by atoms with van der Waals surface area (Å²) in [6, 6.07) is 28.6. The van der Waals surface area contributed by atoms with Gasteiger partial charge in [0, 0.05) is 0 Å². The molecule has 0 spiro atoms. The first-order chi connectivity index (χ1) is 26.3. The van der Waals surface area contributed by atoms with Gasteiger partial charge in [0.2, 0.25) is 0 Å². The molecule has 0 saturated carbocycles. The van der Waals surface area contributed by atoms with E-state index in [1.165, 1.54) is 14.2 Å². The molecule has 1 aliphatic heterocycles. The molecule has 1 aliphatic carbocycles. The highest BCUT2D eigenvalue weighted by molar-refractivity contribution is 6.22. The first-order valence-corrected chi connectivity index (χ1v) is 17.3. The molecule has 0 aromatic heterocycles. The summed E-state index contributed by atoms with van der Waals surface area (Å²) in [4.78, 5) is 43.5. The van der Waals surface area contributed by atoms with Gasteiger partial charge in [-0.25, -0.2) is 0 Å². The molecule has 0 N–H and O–H groups in total. The van der Waals surface area contributed by atoms with Gasteiger partial charge in [-0.15, -0.1) is 0 Å². The quantitative estimate of drug-likeness (QED) is 0.101. The van der Waals surface area contributed by atoms with Gasteiger partial charge >= 0.3 is 5.97 Å². The molecule has 6 rings (SSSR count). The van der Waals surface area contributed by atoms with Crippen LogP contribution >= 0.6 is 0 Å². The van der Waals surface area contributed by atoms with Crippen molar-refractivity contribution >= 4 is 17.8 Å². The molecule has 2 aliphatic rings. The van der Waals surface area contributed by atoms with E-state index in [0.29, 0.717) is 17.2 Å². The van der Waals surface area contributed by atoms with Crippen molar-refractivity contribution in [2.45, 2.75) is 50.1 Å². The summed E-state index contributed by atoms with van der Waals surface area (Å²) in [5.41, 5.74) is 0.892. The van der Waals surface area contributed by atoms with E-state index in [0.717, 1.165) is 21.6 Å². The number of rotatable bonds is 16. The standard InChI is InChI=1S/C42H43NO11/c1-47-30-16-10-27(11-17-30)24-52-35-22-36(50-4)42(23-37(44)51-5,43-40(45)33-8-6-7-9-34(33)41(43)46)39(54-26-29-14-20-32(49-3)21-15-29)38(35)53-25-28-12-18-31(48-2)19-13-28/h6-22,35,38-39H,23-26H2,1-5H3/t35-,38+,39-,42+/m0/s1. The van der Waals surface area contributed by atoms with Crippen molar-refractivity contribution in [2.24, 2.45) is 0 Å². The van der Waals surface area contributed by atoms with Crippen LogP contribution in [0.15, 0.2) is 109 Å². The van der Waals surface area contributed by atoms with E-state index in [1.54, 1.807) is 63.8 Å². The molecule has 12 nitrogen and oxygen atoms in total. The Bertz CT molecular complexity index is 1920. The van der Waals surface area contributed by atoms with Crippen molar-refractivity contribution in [1.29, 1.82) is 0 Å². The lowest BCUT2D eigenvalue weighted by Gasteiger charge is -2.51. The van der Waals surface area contributed by atoms with Gasteiger partial charge in [0.1, 0.15) is 46.9 Å². The monoisotopic (exact) mass is 737 g/mol. The van der Waals surface area contributed by atoms with Crippen LogP contribution in [0.3, 0.4) is 0 Å². The summed E-state index contributed by atoms with van der Waals surface area (Å²) in [7, 11) is 7.41. The second-order valence-electron chi connectivity index (χ2n) is 12.7. The van der Waals surface area contributed by atoms with Gasteiger partial charge in [-0.3, -0.25) is 19.3 Å². The molecule has 4 atom stereocenters. The topological polar surface area (TPSA) is 128 Å². The van der Waals surface area contributed by atoms with Crippen LogP contribution in [0, 0.1) is 0 Å². The Kier molecular flexibility index (Phi) is 12.0. The van der Waals surface area contributed by atoms with Crippen LogP contribution in [0.5, 0.6) is 17.2 Å². The Morgan fingerprint density at radius 1 is 0.593 bits per heavy atom. The molecule has 0 fully saturated rings. The van der Waals surface area contributed by atoms with E-state index in [4.69, 9.17) is 37.9 Å². The molecule has 0 bridgehead atoms. The minimum absolute atomic E-state index is 0.00859. The molecule has 282 valence electrons. The zero-order chi connectivity index (χ0) is 38.2. The summed E-state index contributed by atoms with van der Waals surface area (Å²) < 4.78 is 47.5. The third-order valence-electron chi connectivity index (χ3n) is 9.68. The number of hydrogen-bond donors (Lipinski definition) is 0. The van der Waals surface area contributed by atoms with Gasteiger partial charge in [0.05, 0.1) is 72.9 Å². The van der Waals surface area contributed by atoms with Crippen LogP contribution in [-0.4, -0.2) is 82.1 Å². The minimum atomic E-state index is -1.88. The maximum atomic E-state index is 14.4. The number of benzene rings is 4. The van der Waals surface area contributed by atoms with Gasteiger partial charge in [0.15, 0.2) is 0 Å². The zero-order valence-corrected chi connectivity index (χ0v) is 30.8. The van der Waals surface area contributed by atoms with E-state index in [2.05, 4.69) is 0 Å². The zero-order valence-electron chi connectivity index (χ0n) is 30.8. The molecule has 4 aromatic carbocycles. The lowest BCUT2D eigenvalue weighted by atomic mass is 9.75. The van der Waals surface area contributed by atoms with E-state index >= 15 is 0 Å². The molecule has 1 heterocycles. The average Bonchev–Trinajstić information content (AvgIpc) is 3.48. The normalized spacial score (nSPS) is 20.6. The van der Waals surface area contributed by atoms with Crippen LogP contribution in [0.2, 0.25) is 0 Å². The molecule has 54 heavy (non-hydrogen) atoms. The number of ether oxygens (including phenoxy) is 8. The molecule has 0 saturated heterocycles. The second-order valence-corrected chi connectivity index (χ2v) is 12.7. The lowest BCUT2D eigenvalue weighted by molar-refractivity contribution is -0.189. The third-order valence-corrected chi connectivity index (χ3v) is 9.68. The number of fused-ring (bicyclic) bond motifs is 1. The molecule has 12 heteroatoms. The summed E-state index contributed by atoms with van der Waals surface area (Å²) >= 11 is 0. The van der Waals surface area contributed by atoms with Crippen LogP contribution in [0.25, 0.3) is 0 Å². The Morgan fingerprint density at radius 3 is 1.46 bits per heavy atom. The Balaban J connectivity index is 1.50. The maximum absolute atomic E-state index is 14.4. The van der Waals surface area contributed by atoms with E-state index in [1.807, 2.05) is 60.7 Å². The summed E-state index contributed by atoms with van der Waals surface area (Å²) in [5.74, 6) is 0.177. The highest BCUT2D eigenvalue weighted by Crippen LogP contribution is 2.46. The van der Waals surface area contributed by atoms with Crippen molar-refractivity contribution in [3.8, 4) is 17.2 Å². The van der Waals surface area contributed by atoms with Crippen molar-refractivity contribution in [3.63, 3.8) is 0 Å². The van der Waals surface area contributed by atoms with Gasteiger partial charge in [-0.2, -0.15) is 0 Å². The molecule has 0 radical (unpaired) electrons. The minimum Gasteiger partial charge on any atom is -0.499 e. The first-order valence-electron chi connectivity index (χ1n) is 17.3. The fourth-order valence-corrected chi connectivity index (χ4v) is 6.86. The number of nitrogens with zero attached hydrogens (tertiary/aromatic N) is 1. The SMILES string of the molecule is COC(=O)C[C@@]1(N2C(=O)c3ccccc3C2=O)C(OC)=C[C@H](OCc2ccc(OC)cc2)[C@@H](OCc2ccc(OC)cc2)[C@@H]1OCc1ccc(OC)cc1. The number of esters is 1. The largest absolute Gasteiger partial charge is 0.499 e. The number of methoxy groups -OCH3 is 5. The summed E-state index contributed by atoms with van der Waals surface area (Å²) in [6.45, 7) is 0.212. The van der Waals surface area contributed by atoms with Crippen LogP contribution in [-0.2, 0) is 48.3 Å². The molecule has 2 amide bonds. The van der Waals surface area contributed by atoms with Crippen LogP contribution in [0.4, 0.5) is 0 Å². The van der Waals surface area contributed by atoms with E-state index in [9.17, 15) is 14.4 Å². The highest BCUT2D eigenvalue weighted by Gasteiger charge is 2.63. The van der Waals surface area contributed by atoms with E-state index in [-0.39, 0.29) is 36.7 Å². The van der Waals surface area contributed by atoms with E-state index < -0.39 is 48.1 Å². The summed E-state index contributed by atoms with van der Waals surface area (Å²) in [6.07, 6.45) is -1.96. The first kappa shape index (κ1) is 38.0. The second kappa shape index (κ2) is 17.0.